The first-order valence-corrected chi connectivity index (χ1v) is 6.71. The van der Waals surface area contributed by atoms with Gasteiger partial charge in [-0.1, -0.05) is 29.8 Å². The number of rotatable bonds is 4. The fourth-order valence-electron chi connectivity index (χ4n) is 1.80. The van der Waals surface area contributed by atoms with Crippen molar-refractivity contribution in [3.63, 3.8) is 0 Å². The molecule has 0 N–H and O–H groups in total. The van der Waals surface area contributed by atoms with E-state index in [9.17, 15) is 4.79 Å². The molecule has 0 aliphatic carbocycles. The van der Waals surface area contributed by atoms with Crippen LogP contribution in [0.5, 0.6) is 0 Å². The van der Waals surface area contributed by atoms with Crippen LogP contribution in [0.3, 0.4) is 0 Å². The molecule has 2 rings (SSSR count). The average Bonchev–Trinajstić information content (AvgIpc) is 2.45. The highest BCUT2D eigenvalue weighted by atomic mass is 35.5. The first kappa shape index (κ1) is 14.5. The maximum atomic E-state index is 12.3. The lowest BCUT2D eigenvalue weighted by Gasteiger charge is -2.23. The summed E-state index contributed by atoms with van der Waals surface area (Å²) in [6.07, 6.45) is 1.67. The van der Waals surface area contributed by atoms with E-state index in [1.165, 1.54) is 0 Å². The molecule has 0 saturated heterocycles. The number of carbonyl (C=O) groups is 1. The number of benzene rings is 1. The SMILES string of the molecule is CC(C)(C(=O)OCc1ccccn1)c1cccc(Cl)c1. The second-order valence-electron chi connectivity index (χ2n) is 5.03. The summed E-state index contributed by atoms with van der Waals surface area (Å²) in [5.74, 6) is -0.301. The Morgan fingerprint density at radius 3 is 2.70 bits per heavy atom. The third-order valence-electron chi connectivity index (χ3n) is 3.13. The Kier molecular flexibility index (Phi) is 4.40. The van der Waals surface area contributed by atoms with E-state index in [2.05, 4.69) is 4.98 Å². The lowest BCUT2D eigenvalue weighted by molar-refractivity contribution is -0.150. The summed E-state index contributed by atoms with van der Waals surface area (Å²) < 4.78 is 5.34. The van der Waals surface area contributed by atoms with Crippen LogP contribution < -0.4 is 0 Å². The predicted molar refractivity (Wildman–Crippen MR) is 78.5 cm³/mol. The molecule has 0 unspecified atom stereocenters. The first-order chi connectivity index (χ1) is 9.50. The van der Waals surface area contributed by atoms with E-state index < -0.39 is 5.41 Å². The van der Waals surface area contributed by atoms with Crippen molar-refractivity contribution in [2.24, 2.45) is 0 Å². The Labute approximate surface area is 123 Å². The van der Waals surface area contributed by atoms with Gasteiger partial charge in [0.2, 0.25) is 0 Å². The van der Waals surface area contributed by atoms with Gasteiger partial charge in [-0.2, -0.15) is 0 Å². The molecule has 0 bridgehead atoms. The van der Waals surface area contributed by atoms with Crippen molar-refractivity contribution >= 4 is 17.6 Å². The van der Waals surface area contributed by atoms with Gasteiger partial charge in [-0.15, -0.1) is 0 Å². The maximum Gasteiger partial charge on any atom is 0.316 e. The molecule has 4 heteroatoms. The fraction of sp³-hybridized carbons (Fsp3) is 0.250. The van der Waals surface area contributed by atoms with Gasteiger partial charge in [0, 0.05) is 11.2 Å². The molecule has 0 radical (unpaired) electrons. The van der Waals surface area contributed by atoms with E-state index in [4.69, 9.17) is 16.3 Å². The standard InChI is InChI=1S/C16H16ClNO2/c1-16(2,12-6-5-7-13(17)10-12)15(19)20-11-14-8-3-4-9-18-14/h3-10H,11H2,1-2H3. The van der Waals surface area contributed by atoms with Crippen molar-refractivity contribution < 1.29 is 9.53 Å². The third-order valence-corrected chi connectivity index (χ3v) is 3.37. The molecular weight excluding hydrogens is 274 g/mol. The summed E-state index contributed by atoms with van der Waals surface area (Å²) in [4.78, 5) is 16.4. The van der Waals surface area contributed by atoms with Gasteiger partial charge in [0.05, 0.1) is 11.1 Å². The zero-order chi connectivity index (χ0) is 14.6. The first-order valence-electron chi connectivity index (χ1n) is 6.33. The van der Waals surface area contributed by atoms with Crippen LogP contribution in [0.4, 0.5) is 0 Å². The van der Waals surface area contributed by atoms with Crippen LogP contribution >= 0.6 is 11.6 Å². The minimum Gasteiger partial charge on any atom is -0.459 e. The van der Waals surface area contributed by atoms with Gasteiger partial charge in [-0.25, -0.2) is 0 Å². The molecule has 0 atom stereocenters. The van der Waals surface area contributed by atoms with Crippen LogP contribution in [-0.4, -0.2) is 11.0 Å². The normalized spacial score (nSPS) is 11.2. The van der Waals surface area contributed by atoms with Gasteiger partial charge < -0.3 is 4.74 Å². The monoisotopic (exact) mass is 289 g/mol. The number of aromatic nitrogens is 1. The summed E-state index contributed by atoms with van der Waals surface area (Å²) >= 11 is 5.97. The number of carbonyl (C=O) groups excluding carboxylic acids is 1. The van der Waals surface area contributed by atoms with Crippen LogP contribution in [0.15, 0.2) is 48.7 Å². The molecule has 0 fully saturated rings. The summed E-state index contributed by atoms with van der Waals surface area (Å²) in [5, 5.41) is 0.605. The lowest BCUT2D eigenvalue weighted by Crippen LogP contribution is -2.31. The Morgan fingerprint density at radius 2 is 2.05 bits per heavy atom. The molecule has 1 aromatic carbocycles. The zero-order valence-corrected chi connectivity index (χ0v) is 12.2. The summed E-state index contributed by atoms with van der Waals surface area (Å²) in [6.45, 7) is 3.81. The zero-order valence-electron chi connectivity index (χ0n) is 11.5. The highest BCUT2D eigenvalue weighted by Gasteiger charge is 2.31. The highest BCUT2D eigenvalue weighted by Crippen LogP contribution is 2.27. The van der Waals surface area contributed by atoms with Gasteiger partial charge in [0.1, 0.15) is 6.61 Å². The Morgan fingerprint density at radius 1 is 1.25 bits per heavy atom. The second-order valence-corrected chi connectivity index (χ2v) is 5.47. The Hall–Kier alpha value is -1.87. The number of halogens is 1. The van der Waals surface area contributed by atoms with Gasteiger partial charge >= 0.3 is 5.97 Å². The van der Waals surface area contributed by atoms with Crippen LogP contribution in [0, 0.1) is 0 Å². The Balaban J connectivity index is 2.07. The molecule has 0 aliphatic heterocycles. The molecule has 1 heterocycles. The molecule has 2 aromatic rings. The van der Waals surface area contributed by atoms with Crippen molar-refractivity contribution in [3.8, 4) is 0 Å². The van der Waals surface area contributed by atoms with Crippen molar-refractivity contribution in [3.05, 3.63) is 64.9 Å². The molecule has 1 aromatic heterocycles. The number of hydrogen-bond donors (Lipinski definition) is 0. The van der Waals surface area contributed by atoms with Crippen molar-refractivity contribution in [1.82, 2.24) is 4.98 Å². The van der Waals surface area contributed by atoms with Gasteiger partial charge in [0.25, 0.3) is 0 Å². The van der Waals surface area contributed by atoms with Gasteiger partial charge in [0.15, 0.2) is 0 Å². The Bertz CT molecular complexity index is 596. The molecule has 0 amide bonds. The number of ether oxygens (including phenoxy) is 1. The van der Waals surface area contributed by atoms with Crippen molar-refractivity contribution in [2.45, 2.75) is 25.9 Å². The molecular formula is C16H16ClNO2. The van der Waals surface area contributed by atoms with Crippen molar-refractivity contribution in [1.29, 1.82) is 0 Å². The smallest absolute Gasteiger partial charge is 0.316 e. The molecule has 104 valence electrons. The topological polar surface area (TPSA) is 39.2 Å². The molecule has 20 heavy (non-hydrogen) atoms. The van der Waals surface area contributed by atoms with Crippen molar-refractivity contribution in [2.75, 3.05) is 0 Å². The van der Waals surface area contributed by atoms with E-state index in [-0.39, 0.29) is 12.6 Å². The largest absolute Gasteiger partial charge is 0.459 e. The van der Waals surface area contributed by atoms with Crippen LogP contribution in [-0.2, 0) is 21.6 Å². The fourth-order valence-corrected chi connectivity index (χ4v) is 1.99. The highest BCUT2D eigenvalue weighted by molar-refractivity contribution is 6.30. The van der Waals surface area contributed by atoms with Crippen LogP contribution in [0.2, 0.25) is 5.02 Å². The third kappa shape index (κ3) is 3.36. The van der Waals surface area contributed by atoms with Crippen LogP contribution in [0.25, 0.3) is 0 Å². The number of nitrogens with zero attached hydrogens (tertiary/aromatic N) is 1. The van der Waals surface area contributed by atoms with Crippen LogP contribution in [0.1, 0.15) is 25.1 Å². The number of pyridine rings is 1. The minimum absolute atomic E-state index is 0.170. The van der Waals surface area contributed by atoms with E-state index >= 15 is 0 Å². The summed E-state index contributed by atoms with van der Waals surface area (Å²) in [6, 6.07) is 12.8. The lowest BCUT2D eigenvalue weighted by atomic mass is 9.85. The average molecular weight is 290 g/mol. The summed E-state index contributed by atoms with van der Waals surface area (Å²) in [5.41, 5.74) is 0.804. The van der Waals surface area contributed by atoms with Gasteiger partial charge in [-0.3, -0.25) is 9.78 Å². The van der Waals surface area contributed by atoms with E-state index in [1.807, 2.05) is 44.2 Å². The second kappa shape index (κ2) is 6.06. The minimum atomic E-state index is -0.750. The predicted octanol–water partition coefficient (Wildman–Crippen LogP) is 3.76. The number of hydrogen-bond acceptors (Lipinski definition) is 3. The molecule has 3 nitrogen and oxygen atoms in total. The van der Waals surface area contributed by atoms with Gasteiger partial charge in [-0.05, 0) is 43.7 Å². The summed E-state index contributed by atoms with van der Waals surface area (Å²) in [7, 11) is 0. The molecule has 0 aliphatic rings. The quantitative estimate of drug-likeness (QED) is 0.805. The van der Waals surface area contributed by atoms with E-state index in [0.717, 1.165) is 11.3 Å². The molecule has 0 saturated carbocycles. The molecule has 0 spiro atoms. The van der Waals surface area contributed by atoms with E-state index in [0.29, 0.717) is 5.02 Å². The number of esters is 1. The maximum absolute atomic E-state index is 12.3. The van der Waals surface area contributed by atoms with E-state index in [1.54, 1.807) is 18.3 Å².